The summed E-state index contributed by atoms with van der Waals surface area (Å²) in [5.41, 5.74) is 0. The van der Waals surface area contributed by atoms with E-state index in [4.69, 9.17) is 4.52 Å². The zero-order valence-electron chi connectivity index (χ0n) is 9.03. The van der Waals surface area contributed by atoms with E-state index < -0.39 is 0 Å². The summed E-state index contributed by atoms with van der Waals surface area (Å²) in [4.78, 5) is 6.70. The normalized spacial score (nSPS) is 23.6. The second kappa shape index (κ2) is 3.69. The fourth-order valence-corrected chi connectivity index (χ4v) is 1.84. The Morgan fingerprint density at radius 3 is 2.79 bits per heavy atom. The standard InChI is InChI=1S/C10H17N3O/c1-7(2)9-11-10(14-12-9)8-5-4-6-13(8)3/h7-8H,4-6H2,1-3H3. The Morgan fingerprint density at radius 1 is 1.50 bits per heavy atom. The number of hydrogen-bond donors (Lipinski definition) is 0. The lowest BCUT2D eigenvalue weighted by molar-refractivity contribution is 0.244. The minimum Gasteiger partial charge on any atom is -0.338 e. The highest BCUT2D eigenvalue weighted by Gasteiger charge is 2.27. The summed E-state index contributed by atoms with van der Waals surface area (Å²) in [7, 11) is 2.11. The third kappa shape index (κ3) is 1.66. The molecular formula is C10H17N3O. The predicted octanol–water partition coefficient (Wildman–Crippen LogP) is 1.96. The number of nitrogens with zero attached hydrogens (tertiary/aromatic N) is 3. The molecule has 1 aromatic rings. The van der Waals surface area contributed by atoms with Crippen LogP contribution in [0, 0.1) is 0 Å². The molecule has 1 saturated heterocycles. The average molecular weight is 195 g/mol. The number of rotatable bonds is 2. The lowest BCUT2D eigenvalue weighted by Crippen LogP contribution is -2.17. The fraction of sp³-hybridized carbons (Fsp3) is 0.800. The molecule has 4 heteroatoms. The Morgan fingerprint density at radius 2 is 2.29 bits per heavy atom. The van der Waals surface area contributed by atoms with Crippen molar-refractivity contribution >= 4 is 0 Å². The van der Waals surface area contributed by atoms with Crippen molar-refractivity contribution in [2.75, 3.05) is 13.6 Å². The zero-order valence-corrected chi connectivity index (χ0v) is 9.03. The summed E-state index contributed by atoms with van der Waals surface area (Å²) in [6.45, 7) is 5.28. The predicted molar refractivity (Wildman–Crippen MR) is 53.0 cm³/mol. The first kappa shape index (κ1) is 9.65. The molecule has 1 fully saturated rings. The molecular weight excluding hydrogens is 178 g/mol. The summed E-state index contributed by atoms with van der Waals surface area (Å²) in [6, 6.07) is 0.343. The topological polar surface area (TPSA) is 42.2 Å². The molecule has 2 heterocycles. The Bertz CT molecular complexity index is 308. The van der Waals surface area contributed by atoms with Crippen LogP contribution in [-0.4, -0.2) is 28.6 Å². The van der Waals surface area contributed by atoms with Gasteiger partial charge in [0.15, 0.2) is 5.82 Å². The van der Waals surface area contributed by atoms with Gasteiger partial charge in [-0.05, 0) is 26.4 Å². The van der Waals surface area contributed by atoms with E-state index in [1.54, 1.807) is 0 Å². The van der Waals surface area contributed by atoms with Crippen molar-refractivity contribution in [2.24, 2.45) is 0 Å². The highest BCUT2D eigenvalue weighted by Crippen LogP contribution is 2.29. The summed E-state index contributed by atoms with van der Waals surface area (Å²) in [5.74, 6) is 1.95. The Hall–Kier alpha value is -0.900. The Labute approximate surface area is 84.3 Å². The van der Waals surface area contributed by atoms with E-state index in [2.05, 4.69) is 35.9 Å². The van der Waals surface area contributed by atoms with Crippen LogP contribution in [0.4, 0.5) is 0 Å². The van der Waals surface area contributed by atoms with Gasteiger partial charge in [0.2, 0.25) is 5.89 Å². The van der Waals surface area contributed by atoms with Crippen LogP contribution in [0.3, 0.4) is 0 Å². The van der Waals surface area contributed by atoms with Gasteiger partial charge in [0.05, 0.1) is 6.04 Å². The molecule has 1 aromatic heterocycles. The van der Waals surface area contributed by atoms with E-state index in [1.807, 2.05) is 0 Å². The van der Waals surface area contributed by atoms with Crippen molar-refractivity contribution in [1.82, 2.24) is 15.0 Å². The molecule has 0 amide bonds. The lowest BCUT2D eigenvalue weighted by atomic mass is 10.2. The van der Waals surface area contributed by atoms with Gasteiger partial charge in [-0.3, -0.25) is 4.90 Å². The van der Waals surface area contributed by atoms with Gasteiger partial charge in [-0.15, -0.1) is 0 Å². The molecule has 14 heavy (non-hydrogen) atoms. The molecule has 1 aliphatic heterocycles. The van der Waals surface area contributed by atoms with Crippen LogP contribution in [0.1, 0.15) is 50.4 Å². The second-order valence-corrected chi connectivity index (χ2v) is 4.28. The average Bonchev–Trinajstić information content (AvgIpc) is 2.71. The van der Waals surface area contributed by atoms with Gasteiger partial charge in [-0.1, -0.05) is 19.0 Å². The Balaban J connectivity index is 2.16. The number of likely N-dealkylation sites (tertiary alicyclic amines) is 1. The number of hydrogen-bond acceptors (Lipinski definition) is 4. The minimum atomic E-state index is 0.343. The van der Waals surface area contributed by atoms with Crippen molar-refractivity contribution < 1.29 is 4.52 Å². The van der Waals surface area contributed by atoms with Crippen LogP contribution in [0.5, 0.6) is 0 Å². The highest BCUT2D eigenvalue weighted by molar-refractivity contribution is 4.98. The van der Waals surface area contributed by atoms with Crippen molar-refractivity contribution in [1.29, 1.82) is 0 Å². The monoisotopic (exact) mass is 195 g/mol. The molecule has 0 N–H and O–H groups in total. The quantitative estimate of drug-likeness (QED) is 0.723. The molecule has 4 nitrogen and oxygen atoms in total. The third-order valence-corrected chi connectivity index (χ3v) is 2.78. The molecule has 0 saturated carbocycles. The van der Waals surface area contributed by atoms with Crippen LogP contribution < -0.4 is 0 Å². The fourth-order valence-electron chi connectivity index (χ4n) is 1.84. The van der Waals surface area contributed by atoms with Crippen LogP contribution in [0.2, 0.25) is 0 Å². The summed E-state index contributed by atoms with van der Waals surface area (Å²) in [5, 5.41) is 3.98. The van der Waals surface area contributed by atoms with Crippen molar-refractivity contribution in [3.63, 3.8) is 0 Å². The van der Waals surface area contributed by atoms with Gasteiger partial charge in [-0.25, -0.2) is 0 Å². The maximum Gasteiger partial charge on any atom is 0.243 e. The van der Waals surface area contributed by atoms with Crippen LogP contribution in [0.15, 0.2) is 4.52 Å². The van der Waals surface area contributed by atoms with Crippen LogP contribution >= 0.6 is 0 Å². The maximum atomic E-state index is 5.28. The van der Waals surface area contributed by atoms with Gasteiger partial charge >= 0.3 is 0 Å². The van der Waals surface area contributed by atoms with Crippen molar-refractivity contribution in [3.05, 3.63) is 11.7 Å². The van der Waals surface area contributed by atoms with Crippen LogP contribution in [-0.2, 0) is 0 Å². The zero-order chi connectivity index (χ0) is 10.1. The van der Waals surface area contributed by atoms with Crippen molar-refractivity contribution in [3.8, 4) is 0 Å². The SMILES string of the molecule is CC(C)c1noc(C2CCCN2C)n1. The molecule has 0 bridgehead atoms. The second-order valence-electron chi connectivity index (χ2n) is 4.28. The maximum absolute atomic E-state index is 5.28. The van der Waals surface area contributed by atoms with Gasteiger partial charge in [0, 0.05) is 5.92 Å². The molecule has 78 valence electrons. The largest absolute Gasteiger partial charge is 0.338 e. The Kier molecular flexibility index (Phi) is 2.54. The van der Waals surface area contributed by atoms with E-state index in [1.165, 1.54) is 6.42 Å². The molecule has 0 radical (unpaired) electrons. The third-order valence-electron chi connectivity index (χ3n) is 2.78. The molecule has 0 spiro atoms. The summed E-state index contributed by atoms with van der Waals surface area (Å²) >= 11 is 0. The van der Waals surface area contributed by atoms with E-state index in [0.29, 0.717) is 12.0 Å². The van der Waals surface area contributed by atoms with E-state index >= 15 is 0 Å². The molecule has 0 aliphatic carbocycles. The number of aromatic nitrogens is 2. The summed E-state index contributed by atoms with van der Waals surface area (Å²) < 4.78 is 5.28. The smallest absolute Gasteiger partial charge is 0.243 e. The van der Waals surface area contributed by atoms with E-state index in [9.17, 15) is 0 Å². The van der Waals surface area contributed by atoms with E-state index in [-0.39, 0.29) is 0 Å². The first-order valence-corrected chi connectivity index (χ1v) is 5.22. The van der Waals surface area contributed by atoms with E-state index in [0.717, 1.165) is 24.7 Å². The molecule has 1 unspecified atom stereocenters. The van der Waals surface area contributed by atoms with Crippen LogP contribution in [0.25, 0.3) is 0 Å². The van der Waals surface area contributed by atoms with Gasteiger partial charge < -0.3 is 4.52 Å². The van der Waals surface area contributed by atoms with Gasteiger partial charge in [-0.2, -0.15) is 4.98 Å². The molecule has 2 rings (SSSR count). The minimum absolute atomic E-state index is 0.343. The first-order valence-electron chi connectivity index (χ1n) is 5.22. The summed E-state index contributed by atoms with van der Waals surface area (Å²) in [6.07, 6.45) is 2.36. The molecule has 1 aliphatic rings. The van der Waals surface area contributed by atoms with Gasteiger partial charge in [0.1, 0.15) is 0 Å². The highest BCUT2D eigenvalue weighted by atomic mass is 16.5. The molecule has 0 aromatic carbocycles. The first-order chi connectivity index (χ1) is 6.68. The lowest BCUT2D eigenvalue weighted by Gasteiger charge is -2.14. The van der Waals surface area contributed by atoms with Gasteiger partial charge in [0.25, 0.3) is 0 Å². The molecule has 1 atom stereocenters. The van der Waals surface area contributed by atoms with Crippen molar-refractivity contribution in [2.45, 2.75) is 38.6 Å².